The largest absolute Gasteiger partial charge is 0.372 e. The summed E-state index contributed by atoms with van der Waals surface area (Å²) < 4.78 is 28.9. The second-order valence-corrected chi connectivity index (χ2v) is 11.1. The molecule has 0 spiro atoms. The number of piperidine rings is 1. The Hall–Kier alpha value is -2.03. The molecule has 0 saturated carbocycles. The van der Waals surface area contributed by atoms with E-state index in [0.29, 0.717) is 5.69 Å². The van der Waals surface area contributed by atoms with E-state index in [1.807, 2.05) is 25.3 Å². The zero-order valence-electron chi connectivity index (χ0n) is 19.2. The van der Waals surface area contributed by atoms with Gasteiger partial charge in [-0.1, -0.05) is 26.0 Å². The van der Waals surface area contributed by atoms with Crippen LogP contribution in [0.25, 0.3) is 0 Å². The van der Waals surface area contributed by atoms with Crippen molar-refractivity contribution >= 4 is 39.1 Å². The second kappa shape index (κ2) is 10.7. The van der Waals surface area contributed by atoms with Crippen LogP contribution in [0.4, 0.5) is 11.4 Å². The van der Waals surface area contributed by atoms with E-state index in [-0.39, 0.29) is 22.8 Å². The molecule has 0 bridgehead atoms. The third-order valence-corrected chi connectivity index (χ3v) is 8.04. The first-order valence-corrected chi connectivity index (χ1v) is 13.8. The minimum absolute atomic E-state index is 0.131. The van der Waals surface area contributed by atoms with Gasteiger partial charge in [0.05, 0.1) is 10.6 Å². The van der Waals surface area contributed by atoms with Crippen LogP contribution in [0.3, 0.4) is 0 Å². The van der Waals surface area contributed by atoms with Crippen molar-refractivity contribution in [3.63, 3.8) is 0 Å². The van der Waals surface area contributed by atoms with Crippen LogP contribution in [0, 0.1) is 5.92 Å². The van der Waals surface area contributed by atoms with E-state index in [1.54, 1.807) is 26.0 Å². The van der Waals surface area contributed by atoms with Crippen molar-refractivity contribution in [3.8, 4) is 0 Å². The fourth-order valence-electron chi connectivity index (χ4n) is 3.72. The number of nitrogens with one attached hydrogen (secondary N) is 2. The maximum atomic E-state index is 13.1. The summed E-state index contributed by atoms with van der Waals surface area (Å²) in [6.45, 7) is 7.58. The van der Waals surface area contributed by atoms with Crippen molar-refractivity contribution in [1.82, 2.24) is 4.72 Å². The van der Waals surface area contributed by atoms with Gasteiger partial charge in [0.1, 0.15) is 0 Å². The smallest absolute Gasteiger partial charge is 0.241 e. The summed E-state index contributed by atoms with van der Waals surface area (Å²) in [4.78, 5) is 15.5. The molecule has 6 nitrogen and oxygen atoms in total. The van der Waals surface area contributed by atoms with E-state index in [2.05, 4.69) is 27.1 Å². The van der Waals surface area contributed by atoms with Gasteiger partial charge in [0.25, 0.3) is 0 Å². The predicted octanol–water partition coefficient (Wildman–Crippen LogP) is 5.03. The summed E-state index contributed by atoms with van der Waals surface area (Å²) in [6.07, 6.45) is 5.61. The SMILES string of the molecule is CSc1ccc(S(=O)(=O)N[C@@H](C)c2ccc(N3CCCCC3)cc2)cc1NC(=O)C(C)C. The molecule has 3 rings (SSSR count). The number of sulfonamides is 1. The summed E-state index contributed by atoms with van der Waals surface area (Å²) >= 11 is 1.46. The van der Waals surface area contributed by atoms with Crippen LogP contribution in [0.2, 0.25) is 0 Å². The van der Waals surface area contributed by atoms with Crippen LogP contribution in [0.15, 0.2) is 52.3 Å². The Morgan fingerprint density at radius 2 is 1.66 bits per heavy atom. The molecule has 1 atom stereocenters. The van der Waals surface area contributed by atoms with Crippen LogP contribution in [-0.2, 0) is 14.8 Å². The molecular formula is C24H33N3O3S2. The van der Waals surface area contributed by atoms with Crippen LogP contribution >= 0.6 is 11.8 Å². The van der Waals surface area contributed by atoms with E-state index < -0.39 is 10.0 Å². The zero-order chi connectivity index (χ0) is 23.3. The van der Waals surface area contributed by atoms with Crippen molar-refractivity contribution in [1.29, 1.82) is 0 Å². The van der Waals surface area contributed by atoms with Gasteiger partial charge in [0, 0.05) is 35.6 Å². The summed E-state index contributed by atoms with van der Waals surface area (Å²) in [5.41, 5.74) is 2.60. The molecule has 1 heterocycles. The van der Waals surface area contributed by atoms with Crippen LogP contribution in [-0.4, -0.2) is 33.7 Å². The van der Waals surface area contributed by atoms with Gasteiger partial charge in [-0.3, -0.25) is 4.79 Å². The molecule has 1 amide bonds. The van der Waals surface area contributed by atoms with Gasteiger partial charge in [-0.25, -0.2) is 13.1 Å². The van der Waals surface area contributed by atoms with Crippen LogP contribution in [0.1, 0.15) is 51.6 Å². The lowest BCUT2D eigenvalue weighted by molar-refractivity contribution is -0.118. The van der Waals surface area contributed by atoms with E-state index >= 15 is 0 Å². The molecule has 2 aromatic carbocycles. The Kier molecular flexibility index (Phi) is 8.25. The number of carbonyl (C=O) groups is 1. The molecule has 174 valence electrons. The molecular weight excluding hydrogens is 442 g/mol. The Morgan fingerprint density at radius 1 is 1.00 bits per heavy atom. The summed E-state index contributed by atoms with van der Waals surface area (Å²) in [5.74, 6) is -0.346. The van der Waals surface area contributed by atoms with Gasteiger partial charge in [-0.05, 0) is 68.3 Å². The number of anilines is 2. The Bertz CT molecular complexity index is 1030. The Labute approximate surface area is 196 Å². The third-order valence-electron chi connectivity index (χ3n) is 5.71. The minimum atomic E-state index is -3.76. The van der Waals surface area contributed by atoms with Crippen LogP contribution < -0.4 is 14.9 Å². The van der Waals surface area contributed by atoms with E-state index in [4.69, 9.17) is 0 Å². The Balaban J connectivity index is 1.75. The lowest BCUT2D eigenvalue weighted by Crippen LogP contribution is -2.29. The van der Waals surface area contributed by atoms with Crippen molar-refractivity contribution in [2.75, 3.05) is 29.6 Å². The first-order valence-electron chi connectivity index (χ1n) is 11.1. The number of nitrogens with zero attached hydrogens (tertiary/aromatic N) is 1. The van der Waals surface area contributed by atoms with Crippen molar-refractivity contribution in [2.45, 2.75) is 55.9 Å². The van der Waals surface area contributed by atoms with E-state index in [1.165, 1.54) is 42.8 Å². The number of carbonyl (C=O) groups excluding carboxylic acids is 1. The predicted molar refractivity (Wildman–Crippen MR) is 133 cm³/mol. The molecule has 2 N–H and O–H groups in total. The number of amides is 1. The van der Waals surface area contributed by atoms with Crippen LogP contribution in [0.5, 0.6) is 0 Å². The van der Waals surface area contributed by atoms with Gasteiger partial charge in [-0.2, -0.15) is 0 Å². The standard InChI is InChI=1S/C24H33N3O3S2/c1-17(2)24(28)25-22-16-21(12-13-23(22)31-4)32(29,30)26-18(3)19-8-10-20(11-9-19)27-14-6-5-7-15-27/h8-13,16-18,26H,5-7,14-15H2,1-4H3,(H,25,28)/t18-/m0/s1. The van der Waals surface area contributed by atoms with Gasteiger partial charge >= 0.3 is 0 Å². The fourth-order valence-corrected chi connectivity index (χ4v) is 5.52. The molecule has 0 aliphatic carbocycles. The number of thioether (sulfide) groups is 1. The molecule has 0 radical (unpaired) electrons. The number of benzene rings is 2. The third kappa shape index (κ3) is 6.05. The summed E-state index contributed by atoms with van der Waals surface area (Å²) in [6, 6.07) is 12.6. The highest BCUT2D eigenvalue weighted by molar-refractivity contribution is 7.98. The maximum Gasteiger partial charge on any atom is 0.241 e. The molecule has 0 unspecified atom stereocenters. The lowest BCUT2D eigenvalue weighted by Gasteiger charge is -2.29. The number of hydrogen-bond acceptors (Lipinski definition) is 5. The second-order valence-electron chi connectivity index (χ2n) is 8.49. The summed E-state index contributed by atoms with van der Waals surface area (Å²) in [5, 5.41) is 2.84. The topological polar surface area (TPSA) is 78.5 Å². The number of rotatable bonds is 8. The molecule has 1 saturated heterocycles. The lowest BCUT2D eigenvalue weighted by atomic mass is 10.1. The highest BCUT2D eigenvalue weighted by atomic mass is 32.2. The first kappa shape index (κ1) is 24.6. The van der Waals surface area contributed by atoms with E-state index in [0.717, 1.165) is 23.5 Å². The van der Waals surface area contributed by atoms with Crippen molar-refractivity contribution < 1.29 is 13.2 Å². The molecule has 1 fully saturated rings. The van der Waals surface area contributed by atoms with Crippen molar-refractivity contribution in [2.24, 2.45) is 5.92 Å². The quantitative estimate of drug-likeness (QED) is 0.524. The van der Waals surface area contributed by atoms with Crippen molar-refractivity contribution in [3.05, 3.63) is 48.0 Å². The molecule has 1 aliphatic rings. The summed E-state index contributed by atoms with van der Waals surface area (Å²) in [7, 11) is -3.76. The molecule has 32 heavy (non-hydrogen) atoms. The van der Waals surface area contributed by atoms with Gasteiger partial charge in [0.2, 0.25) is 15.9 Å². The monoisotopic (exact) mass is 475 g/mol. The first-order chi connectivity index (χ1) is 15.2. The molecule has 1 aliphatic heterocycles. The highest BCUT2D eigenvalue weighted by Crippen LogP contribution is 2.29. The highest BCUT2D eigenvalue weighted by Gasteiger charge is 2.21. The Morgan fingerprint density at radius 3 is 2.25 bits per heavy atom. The van der Waals surface area contributed by atoms with Gasteiger partial charge in [-0.15, -0.1) is 11.8 Å². The normalized spacial score (nSPS) is 15.6. The van der Waals surface area contributed by atoms with Gasteiger partial charge in [0.15, 0.2) is 0 Å². The molecule has 0 aromatic heterocycles. The average molecular weight is 476 g/mol. The number of hydrogen-bond donors (Lipinski definition) is 2. The molecule has 8 heteroatoms. The average Bonchev–Trinajstić information content (AvgIpc) is 2.79. The zero-order valence-corrected chi connectivity index (χ0v) is 20.9. The molecule has 2 aromatic rings. The fraction of sp³-hybridized carbons (Fsp3) is 0.458. The maximum absolute atomic E-state index is 13.1. The van der Waals surface area contributed by atoms with E-state index in [9.17, 15) is 13.2 Å². The van der Waals surface area contributed by atoms with Gasteiger partial charge < -0.3 is 10.2 Å². The minimum Gasteiger partial charge on any atom is -0.372 e.